The Hall–Kier alpha value is -1.70. The van der Waals surface area contributed by atoms with Gasteiger partial charge in [0.1, 0.15) is 0 Å². The summed E-state index contributed by atoms with van der Waals surface area (Å²) in [5.41, 5.74) is 4.27. The van der Waals surface area contributed by atoms with E-state index in [9.17, 15) is 8.78 Å². The zero-order valence-electron chi connectivity index (χ0n) is 14.9. The van der Waals surface area contributed by atoms with Gasteiger partial charge in [-0.25, -0.2) is 8.78 Å². The van der Waals surface area contributed by atoms with Crippen LogP contribution in [0.1, 0.15) is 73.1 Å². The van der Waals surface area contributed by atoms with Gasteiger partial charge < -0.3 is 0 Å². The van der Waals surface area contributed by atoms with Gasteiger partial charge in [0.2, 0.25) is 0 Å². The maximum Gasteiger partial charge on any atom is 0.162 e. The van der Waals surface area contributed by atoms with E-state index in [-0.39, 0.29) is 0 Å². The quantitative estimate of drug-likeness (QED) is 0.583. The van der Waals surface area contributed by atoms with Gasteiger partial charge in [0, 0.05) is 0 Å². The Morgan fingerprint density at radius 1 is 0.760 bits per heavy atom. The molecule has 0 saturated heterocycles. The van der Waals surface area contributed by atoms with E-state index in [0.717, 1.165) is 24.3 Å². The maximum absolute atomic E-state index is 14.1. The van der Waals surface area contributed by atoms with E-state index in [1.54, 1.807) is 6.07 Å². The number of halogens is 2. The molecule has 0 spiro atoms. The standard InChI is InChI=1S/C23H26F2/c1-15-2-4-16(5-3-15)17-6-8-18(9-7-17)20-11-10-19-12-13-22(24)23(25)21(19)14-20/h6-9,12-13,15-16,20H,2-5,10-11,14H2,1H3. The van der Waals surface area contributed by atoms with Gasteiger partial charge in [-0.05, 0) is 78.2 Å². The van der Waals surface area contributed by atoms with Crippen molar-refractivity contribution in [2.24, 2.45) is 5.92 Å². The molecule has 0 aliphatic heterocycles. The van der Waals surface area contributed by atoms with Crippen molar-refractivity contribution < 1.29 is 8.78 Å². The van der Waals surface area contributed by atoms with Crippen LogP contribution >= 0.6 is 0 Å². The molecule has 1 saturated carbocycles. The topological polar surface area (TPSA) is 0 Å². The van der Waals surface area contributed by atoms with E-state index in [2.05, 4.69) is 31.2 Å². The zero-order valence-corrected chi connectivity index (χ0v) is 14.9. The Labute approximate surface area is 149 Å². The molecule has 0 N–H and O–H groups in total. The van der Waals surface area contributed by atoms with E-state index in [1.165, 1.54) is 42.9 Å². The summed E-state index contributed by atoms with van der Waals surface area (Å²) >= 11 is 0. The molecule has 2 heteroatoms. The second-order valence-corrected chi connectivity index (χ2v) is 8.06. The minimum absolute atomic E-state index is 0.296. The normalized spacial score (nSPS) is 26.3. The molecule has 0 bridgehead atoms. The third-order valence-corrected chi connectivity index (χ3v) is 6.40. The summed E-state index contributed by atoms with van der Waals surface area (Å²) in [7, 11) is 0. The summed E-state index contributed by atoms with van der Waals surface area (Å²) in [4.78, 5) is 0. The highest BCUT2D eigenvalue weighted by Gasteiger charge is 2.25. The minimum Gasteiger partial charge on any atom is -0.204 e. The van der Waals surface area contributed by atoms with Crippen LogP contribution in [-0.4, -0.2) is 0 Å². The van der Waals surface area contributed by atoms with E-state index in [0.29, 0.717) is 23.8 Å². The lowest BCUT2D eigenvalue weighted by Gasteiger charge is -2.28. The lowest BCUT2D eigenvalue weighted by molar-refractivity contribution is 0.348. The lowest BCUT2D eigenvalue weighted by atomic mass is 9.77. The second-order valence-electron chi connectivity index (χ2n) is 8.06. The van der Waals surface area contributed by atoms with Crippen LogP contribution in [0.25, 0.3) is 0 Å². The van der Waals surface area contributed by atoms with Crippen molar-refractivity contribution in [2.45, 2.75) is 63.7 Å². The van der Waals surface area contributed by atoms with Gasteiger partial charge in [0.25, 0.3) is 0 Å². The summed E-state index contributed by atoms with van der Waals surface area (Å²) in [6.07, 6.45) is 7.70. The van der Waals surface area contributed by atoms with Gasteiger partial charge in [0.15, 0.2) is 11.6 Å². The van der Waals surface area contributed by atoms with Gasteiger partial charge >= 0.3 is 0 Å². The molecule has 0 radical (unpaired) electrons. The average Bonchev–Trinajstić information content (AvgIpc) is 2.65. The van der Waals surface area contributed by atoms with Crippen LogP contribution in [0.3, 0.4) is 0 Å². The van der Waals surface area contributed by atoms with Crippen LogP contribution in [0.2, 0.25) is 0 Å². The molecule has 4 rings (SSSR count). The first-order chi connectivity index (χ1) is 12.1. The second kappa shape index (κ2) is 6.90. The Kier molecular flexibility index (Phi) is 4.62. The van der Waals surface area contributed by atoms with Crippen molar-refractivity contribution in [3.05, 3.63) is 70.3 Å². The number of hydrogen-bond donors (Lipinski definition) is 0. The van der Waals surface area contributed by atoms with E-state index in [1.807, 2.05) is 0 Å². The van der Waals surface area contributed by atoms with Crippen LogP contribution < -0.4 is 0 Å². The van der Waals surface area contributed by atoms with Crippen LogP contribution in [0.15, 0.2) is 36.4 Å². The van der Waals surface area contributed by atoms with Crippen LogP contribution in [-0.2, 0) is 12.8 Å². The molecule has 0 heterocycles. The van der Waals surface area contributed by atoms with E-state index >= 15 is 0 Å². The number of rotatable bonds is 2. The summed E-state index contributed by atoms with van der Waals surface area (Å²) in [5, 5.41) is 0. The highest BCUT2D eigenvalue weighted by atomic mass is 19.2. The molecule has 2 aromatic carbocycles. The summed E-state index contributed by atoms with van der Waals surface area (Å²) in [5.74, 6) is 0.498. The third kappa shape index (κ3) is 3.36. The van der Waals surface area contributed by atoms with E-state index in [4.69, 9.17) is 0 Å². The van der Waals surface area contributed by atoms with Crippen LogP contribution in [0, 0.1) is 17.6 Å². The fourth-order valence-corrected chi connectivity index (χ4v) is 4.68. The molecule has 0 aromatic heterocycles. The largest absolute Gasteiger partial charge is 0.204 e. The van der Waals surface area contributed by atoms with Crippen molar-refractivity contribution in [3.8, 4) is 0 Å². The van der Waals surface area contributed by atoms with Crippen molar-refractivity contribution in [3.63, 3.8) is 0 Å². The number of benzene rings is 2. The van der Waals surface area contributed by atoms with Crippen LogP contribution in [0.4, 0.5) is 8.78 Å². The fourth-order valence-electron chi connectivity index (χ4n) is 4.68. The molecule has 25 heavy (non-hydrogen) atoms. The molecule has 1 unspecified atom stereocenters. The molecule has 0 amide bonds. The summed E-state index contributed by atoms with van der Waals surface area (Å²) in [6, 6.07) is 12.0. The summed E-state index contributed by atoms with van der Waals surface area (Å²) in [6.45, 7) is 2.35. The minimum atomic E-state index is -0.721. The van der Waals surface area contributed by atoms with Crippen molar-refractivity contribution in [2.75, 3.05) is 0 Å². The van der Waals surface area contributed by atoms with Gasteiger partial charge in [-0.15, -0.1) is 0 Å². The van der Waals surface area contributed by atoms with E-state index < -0.39 is 11.6 Å². The Morgan fingerprint density at radius 2 is 1.40 bits per heavy atom. The predicted molar refractivity (Wildman–Crippen MR) is 97.9 cm³/mol. The molecule has 0 nitrogen and oxygen atoms in total. The first-order valence-corrected chi connectivity index (χ1v) is 9.67. The number of hydrogen-bond acceptors (Lipinski definition) is 0. The third-order valence-electron chi connectivity index (χ3n) is 6.40. The van der Waals surface area contributed by atoms with Gasteiger partial charge in [-0.2, -0.15) is 0 Å². The molecule has 2 aromatic rings. The fraction of sp³-hybridized carbons (Fsp3) is 0.478. The SMILES string of the molecule is CC1CCC(c2ccc(C3CCc4ccc(F)c(F)c4C3)cc2)CC1. The van der Waals surface area contributed by atoms with Gasteiger partial charge in [-0.3, -0.25) is 0 Å². The molecule has 132 valence electrons. The summed E-state index contributed by atoms with van der Waals surface area (Å²) < 4.78 is 27.7. The Balaban J connectivity index is 1.50. The van der Waals surface area contributed by atoms with Gasteiger partial charge in [0.05, 0.1) is 0 Å². The molecule has 2 aliphatic rings. The molecule has 1 atom stereocenters. The zero-order chi connectivity index (χ0) is 17.4. The highest BCUT2D eigenvalue weighted by Crippen LogP contribution is 2.38. The monoisotopic (exact) mass is 340 g/mol. The lowest BCUT2D eigenvalue weighted by Crippen LogP contribution is -2.15. The Bertz CT molecular complexity index is 739. The molecular weight excluding hydrogens is 314 g/mol. The maximum atomic E-state index is 14.1. The van der Waals surface area contributed by atoms with Crippen molar-refractivity contribution in [1.82, 2.24) is 0 Å². The Morgan fingerprint density at radius 3 is 2.08 bits per heavy atom. The van der Waals surface area contributed by atoms with Crippen LogP contribution in [0.5, 0.6) is 0 Å². The number of aryl methyl sites for hydroxylation is 1. The predicted octanol–water partition coefficient (Wildman–Crippen LogP) is 6.53. The number of fused-ring (bicyclic) bond motifs is 1. The van der Waals surface area contributed by atoms with Crippen molar-refractivity contribution in [1.29, 1.82) is 0 Å². The molecule has 2 aliphatic carbocycles. The molecule has 1 fully saturated rings. The molecular formula is C23H26F2. The first kappa shape index (κ1) is 16.8. The first-order valence-electron chi connectivity index (χ1n) is 9.67. The van der Waals surface area contributed by atoms with Crippen molar-refractivity contribution >= 4 is 0 Å². The van der Waals surface area contributed by atoms with Gasteiger partial charge in [-0.1, -0.05) is 50.1 Å². The highest BCUT2D eigenvalue weighted by molar-refractivity contribution is 5.36. The smallest absolute Gasteiger partial charge is 0.162 e. The average molecular weight is 340 g/mol.